The van der Waals surface area contributed by atoms with Crippen molar-refractivity contribution in [3.05, 3.63) is 12.4 Å². The Bertz CT molecular complexity index is 545. The van der Waals surface area contributed by atoms with Gasteiger partial charge in [0.05, 0.1) is 7.11 Å². The second kappa shape index (κ2) is 7.12. The van der Waals surface area contributed by atoms with Gasteiger partial charge in [-0.3, -0.25) is 4.79 Å². The van der Waals surface area contributed by atoms with Gasteiger partial charge in [-0.1, -0.05) is 0 Å². The van der Waals surface area contributed by atoms with Crippen LogP contribution in [0.3, 0.4) is 0 Å². The lowest BCUT2D eigenvalue weighted by molar-refractivity contribution is -0.127. The van der Waals surface area contributed by atoms with Gasteiger partial charge in [0.15, 0.2) is 0 Å². The minimum absolute atomic E-state index is 0.282. The lowest BCUT2D eigenvalue weighted by Crippen LogP contribution is -2.45. The van der Waals surface area contributed by atoms with E-state index in [1.54, 1.807) is 7.11 Å². The number of aromatic nitrogens is 2. The first-order chi connectivity index (χ1) is 11.2. The van der Waals surface area contributed by atoms with Gasteiger partial charge in [-0.05, 0) is 19.3 Å². The Morgan fingerprint density at radius 2 is 2.09 bits per heavy atom. The van der Waals surface area contributed by atoms with E-state index >= 15 is 0 Å². The molecule has 3 rings (SSSR count). The van der Waals surface area contributed by atoms with Crippen LogP contribution < -0.4 is 10.1 Å². The molecule has 1 amide bonds. The van der Waals surface area contributed by atoms with Crippen LogP contribution >= 0.6 is 0 Å². The van der Waals surface area contributed by atoms with Crippen LogP contribution in [-0.4, -0.2) is 71.6 Å². The zero-order valence-corrected chi connectivity index (χ0v) is 13.9. The van der Waals surface area contributed by atoms with E-state index in [-0.39, 0.29) is 5.91 Å². The van der Waals surface area contributed by atoms with E-state index in [0.717, 1.165) is 44.7 Å². The maximum Gasteiger partial charge on any atom is 0.222 e. The average Bonchev–Trinajstić information content (AvgIpc) is 2.89. The van der Waals surface area contributed by atoms with Gasteiger partial charge in [0.25, 0.3) is 0 Å². The van der Waals surface area contributed by atoms with Gasteiger partial charge in [-0.15, -0.1) is 0 Å². The van der Waals surface area contributed by atoms with Crippen molar-refractivity contribution in [1.82, 2.24) is 19.8 Å². The van der Waals surface area contributed by atoms with Crippen molar-refractivity contribution in [2.24, 2.45) is 0 Å². The van der Waals surface area contributed by atoms with Gasteiger partial charge in [0, 0.05) is 51.3 Å². The van der Waals surface area contributed by atoms with Crippen molar-refractivity contribution >= 4 is 11.7 Å². The molecule has 0 aliphatic carbocycles. The highest BCUT2D eigenvalue weighted by molar-refractivity contribution is 5.78. The first-order valence-corrected chi connectivity index (χ1v) is 8.26. The van der Waals surface area contributed by atoms with E-state index in [9.17, 15) is 4.79 Å². The molecule has 2 aliphatic rings. The normalized spacial score (nSPS) is 23.3. The van der Waals surface area contributed by atoms with E-state index in [2.05, 4.69) is 20.2 Å². The number of likely N-dealkylation sites (tertiary alicyclic amines) is 2. The van der Waals surface area contributed by atoms with Crippen molar-refractivity contribution < 1.29 is 9.53 Å². The molecule has 0 saturated carbocycles. The summed E-state index contributed by atoms with van der Waals surface area (Å²) in [5.41, 5.74) is 0. The molecule has 0 bridgehead atoms. The van der Waals surface area contributed by atoms with E-state index in [1.807, 2.05) is 18.0 Å². The number of methoxy groups -OCH3 is 1. The summed E-state index contributed by atoms with van der Waals surface area (Å²) < 4.78 is 5.12. The number of amides is 1. The van der Waals surface area contributed by atoms with Crippen molar-refractivity contribution in [2.75, 3.05) is 39.1 Å². The van der Waals surface area contributed by atoms with Gasteiger partial charge in [0.2, 0.25) is 11.8 Å². The molecule has 1 aromatic rings. The predicted octanol–water partition coefficient (Wildman–Crippen LogP) is 0.982. The predicted molar refractivity (Wildman–Crippen MR) is 87.5 cm³/mol. The summed E-state index contributed by atoms with van der Waals surface area (Å²) in [5.74, 6) is 1.68. The van der Waals surface area contributed by atoms with Gasteiger partial charge >= 0.3 is 0 Å². The number of nitrogens with zero attached hydrogens (tertiary/aromatic N) is 4. The fourth-order valence-electron chi connectivity index (χ4n) is 3.37. The highest BCUT2D eigenvalue weighted by Crippen LogP contribution is 2.21. The van der Waals surface area contributed by atoms with E-state index in [0.29, 0.717) is 24.4 Å². The van der Waals surface area contributed by atoms with Gasteiger partial charge in [-0.25, -0.2) is 9.97 Å². The van der Waals surface area contributed by atoms with Crippen molar-refractivity contribution in [2.45, 2.75) is 37.8 Å². The number of nitrogens with one attached hydrogen (secondary N) is 1. The molecular weight excluding hydrogens is 294 g/mol. The third-order valence-electron chi connectivity index (χ3n) is 4.89. The molecule has 2 saturated heterocycles. The zero-order chi connectivity index (χ0) is 16.2. The van der Waals surface area contributed by atoms with Gasteiger partial charge < -0.3 is 19.9 Å². The van der Waals surface area contributed by atoms with Crippen LogP contribution in [0.5, 0.6) is 5.88 Å². The maximum absolute atomic E-state index is 11.6. The maximum atomic E-state index is 11.6. The summed E-state index contributed by atoms with van der Waals surface area (Å²) in [6.45, 7) is 3.10. The molecule has 3 heterocycles. The molecule has 2 aliphatic heterocycles. The number of hydrogen-bond donors (Lipinski definition) is 1. The third-order valence-corrected chi connectivity index (χ3v) is 4.89. The number of likely N-dealkylation sites (N-methyl/N-ethyl adjacent to an activating group) is 1. The first kappa shape index (κ1) is 16.0. The van der Waals surface area contributed by atoms with E-state index in [1.165, 1.54) is 6.33 Å². The molecule has 0 radical (unpaired) electrons. The van der Waals surface area contributed by atoms with Gasteiger partial charge in [0.1, 0.15) is 12.1 Å². The summed E-state index contributed by atoms with van der Waals surface area (Å²) in [6.07, 6.45) is 5.37. The molecule has 0 aromatic carbocycles. The number of ether oxygens (including phenoxy) is 1. The molecule has 7 heteroatoms. The smallest absolute Gasteiger partial charge is 0.222 e. The van der Waals surface area contributed by atoms with Crippen molar-refractivity contribution in [1.29, 1.82) is 0 Å². The van der Waals surface area contributed by atoms with Crippen LogP contribution in [0.1, 0.15) is 25.7 Å². The van der Waals surface area contributed by atoms with Crippen LogP contribution in [0.2, 0.25) is 0 Å². The molecule has 1 N–H and O–H groups in total. The fraction of sp³-hybridized carbons (Fsp3) is 0.688. The summed E-state index contributed by atoms with van der Waals surface area (Å²) >= 11 is 0. The SMILES string of the molecule is COc1cc(NC2CCN(CC3CCC(=O)N3C)CC2)ncn1. The Labute approximate surface area is 137 Å². The number of piperidine rings is 1. The summed E-state index contributed by atoms with van der Waals surface area (Å²) in [5, 5.41) is 3.46. The Balaban J connectivity index is 1.46. The minimum Gasteiger partial charge on any atom is -0.481 e. The fourth-order valence-corrected chi connectivity index (χ4v) is 3.37. The molecule has 126 valence electrons. The summed E-state index contributed by atoms with van der Waals surface area (Å²) in [4.78, 5) is 24.3. The highest BCUT2D eigenvalue weighted by atomic mass is 16.5. The number of rotatable bonds is 5. The molecule has 1 atom stereocenters. The molecule has 1 aromatic heterocycles. The Hall–Kier alpha value is -1.89. The molecule has 7 nitrogen and oxygen atoms in total. The Morgan fingerprint density at radius 1 is 1.30 bits per heavy atom. The quantitative estimate of drug-likeness (QED) is 0.872. The Morgan fingerprint density at radius 3 is 2.74 bits per heavy atom. The standard InChI is InChI=1S/C16H25N5O2/c1-20-13(3-4-16(20)22)10-21-7-5-12(6-8-21)19-14-9-15(23-2)18-11-17-14/h9,11-13H,3-8,10H2,1-2H3,(H,17,18,19). The second-order valence-electron chi connectivity index (χ2n) is 6.36. The van der Waals surface area contributed by atoms with Crippen LogP contribution in [-0.2, 0) is 4.79 Å². The lowest BCUT2D eigenvalue weighted by Gasteiger charge is -2.35. The Kier molecular flexibility index (Phi) is 4.95. The first-order valence-electron chi connectivity index (χ1n) is 8.26. The number of hydrogen-bond acceptors (Lipinski definition) is 6. The monoisotopic (exact) mass is 319 g/mol. The van der Waals surface area contributed by atoms with Crippen LogP contribution in [0.4, 0.5) is 5.82 Å². The topological polar surface area (TPSA) is 70.6 Å². The number of carbonyl (C=O) groups is 1. The van der Waals surface area contributed by atoms with Crippen LogP contribution in [0.25, 0.3) is 0 Å². The summed E-state index contributed by atoms with van der Waals surface area (Å²) in [7, 11) is 3.53. The molecule has 23 heavy (non-hydrogen) atoms. The lowest BCUT2D eigenvalue weighted by atomic mass is 10.0. The number of carbonyl (C=O) groups excluding carboxylic acids is 1. The largest absolute Gasteiger partial charge is 0.481 e. The van der Waals surface area contributed by atoms with Crippen molar-refractivity contribution in [3.8, 4) is 5.88 Å². The van der Waals surface area contributed by atoms with Gasteiger partial charge in [-0.2, -0.15) is 0 Å². The highest BCUT2D eigenvalue weighted by Gasteiger charge is 2.30. The molecule has 1 unspecified atom stereocenters. The minimum atomic E-state index is 0.282. The van der Waals surface area contributed by atoms with Crippen LogP contribution in [0, 0.1) is 0 Å². The molecule has 0 spiro atoms. The third kappa shape index (κ3) is 3.90. The average molecular weight is 319 g/mol. The molecular formula is C16H25N5O2. The van der Waals surface area contributed by atoms with Crippen LogP contribution in [0.15, 0.2) is 12.4 Å². The zero-order valence-electron chi connectivity index (χ0n) is 13.9. The summed E-state index contributed by atoms with van der Waals surface area (Å²) in [6, 6.07) is 2.64. The second-order valence-corrected chi connectivity index (χ2v) is 6.36. The van der Waals surface area contributed by atoms with E-state index < -0.39 is 0 Å². The number of anilines is 1. The van der Waals surface area contributed by atoms with E-state index in [4.69, 9.17) is 4.74 Å². The molecule has 2 fully saturated rings. The van der Waals surface area contributed by atoms with Crippen molar-refractivity contribution in [3.63, 3.8) is 0 Å².